The van der Waals surface area contributed by atoms with Crippen molar-refractivity contribution in [3.63, 3.8) is 0 Å². The second kappa shape index (κ2) is 11.2. The van der Waals surface area contributed by atoms with Gasteiger partial charge in [0.05, 0.1) is 0 Å². The minimum atomic E-state index is -0.105. The summed E-state index contributed by atoms with van der Waals surface area (Å²) in [7, 11) is 0. The fourth-order valence-corrected chi connectivity index (χ4v) is 5.77. The summed E-state index contributed by atoms with van der Waals surface area (Å²) in [5, 5.41) is 8.74. The number of hydrogen-bond acceptors (Lipinski definition) is 9. The van der Waals surface area contributed by atoms with Crippen LogP contribution in [0.5, 0.6) is 18.0 Å². The maximum absolute atomic E-state index is 5.59. The van der Waals surface area contributed by atoms with Gasteiger partial charge in [-0.05, 0) is 38.5 Å². The molecule has 0 spiro atoms. The molecule has 3 heterocycles. The Balaban J connectivity index is 1.26. The SMILES string of the molecule is NOc1nc(O/N=C2\CCCN2C2CCCCC2)nc(O/N=C2\CCCN2C2CCCCC2)n1. The van der Waals surface area contributed by atoms with Gasteiger partial charge in [-0.2, -0.15) is 5.90 Å². The van der Waals surface area contributed by atoms with Crippen LogP contribution in [0.3, 0.4) is 0 Å². The van der Waals surface area contributed by atoms with Crippen LogP contribution in [0.2, 0.25) is 0 Å². The Hall–Kier alpha value is -2.69. The van der Waals surface area contributed by atoms with E-state index in [1.54, 1.807) is 0 Å². The van der Waals surface area contributed by atoms with E-state index in [9.17, 15) is 0 Å². The molecule has 1 aromatic heterocycles. The van der Waals surface area contributed by atoms with E-state index >= 15 is 0 Å². The van der Waals surface area contributed by atoms with E-state index in [-0.39, 0.29) is 18.0 Å². The number of hydrogen-bond donors (Lipinski definition) is 1. The van der Waals surface area contributed by atoms with Crippen LogP contribution in [-0.4, -0.2) is 61.6 Å². The number of nitrogens with two attached hydrogens (primary N) is 1. The van der Waals surface area contributed by atoms with E-state index in [0.29, 0.717) is 12.1 Å². The summed E-state index contributed by atoms with van der Waals surface area (Å²) in [4.78, 5) is 33.0. The third-order valence-corrected chi connectivity index (χ3v) is 7.44. The molecular formula is C23H36N8O3. The number of likely N-dealkylation sites (tertiary alicyclic amines) is 2. The van der Waals surface area contributed by atoms with Crippen LogP contribution in [0, 0.1) is 0 Å². The Morgan fingerprint density at radius 2 is 1.06 bits per heavy atom. The second-order valence-corrected chi connectivity index (χ2v) is 9.68. The van der Waals surface area contributed by atoms with E-state index in [1.165, 1.54) is 64.2 Å². The van der Waals surface area contributed by atoms with Gasteiger partial charge in [0, 0.05) is 38.0 Å². The molecule has 2 aliphatic carbocycles. The summed E-state index contributed by atoms with van der Waals surface area (Å²) in [5.41, 5.74) is 0. The van der Waals surface area contributed by atoms with Crippen LogP contribution in [0.4, 0.5) is 0 Å². The van der Waals surface area contributed by atoms with Crippen LogP contribution in [-0.2, 0) is 0 Å². The predicted octanol–water partition coefficient (Wildman–Crippen LogP) is 3.37. The summed E-state index contributed by atoms with van der Waals surface area (Å²) in [6.45, 7) is 2.04. The zero-order valence-electron chi connectivity index (χ0n) is 19.9. The van der Waals surface area contributed by atoms with Gasteiger partial charge in [0.15, 0.2) is 0 Å². The van der Waals surface area contributed by atoms with Crippen LogP contribution >= 0.6 is 0 Å². The van der Waals surface area contributed by atoms with Gasteiger partial charge in [0.1, 0.15) is 11.7 Å². The first-order chi connectivity index (χ1) is 16.8. The van der Waals surface area contributed by atoms with Crippen molar-refractivity contribution >= 4 is 11.7 Å². The highest BCUT2D eigenvalue weighted by atomic mass is 16.7. The van der Waals surface area contributed by atoms with Crippen LogP contribution in [0.1, 0.15) is 89.9 Å². The molecule has 0 unspecified atom stereocenters. The Bertz CT molecular complexity index is 817. The molecule has 0 aromatic carbocycles. The van der Waals surface area contributed by atoms with E-state index in [1.807, 2.05) is 0 Å². The minimum absolute atomic E-state index is 0.0239. The van der Waals surface area contributed by atoms with E-state index in [0.717, 1.165) is 50.4 Å². The molecule has 0 radical (unpaired) electrons. The van der Waals surface area contributed by atoms with Crippen molar-refractivity contribution in [3.05, 3.63) is 0 Å². The van der Waals surface area contributed by atoms with Gasteiger partial charge < -0.3 is 24.3 Å². The van der Waals surface area contributed by atoms with Crippen molar-refractivity contribution in [2.75, 3.05) is 13.1 Å². The van der Waals surface area contributed by atoms with Gasteiger partial charge in [-0.25, -0.2) is 0 Å². The molecule has 4 fully saturated rings. The molecule has 2 N–H and O–H groups in total. The van der Waals surface area contributed by atoms with Gasteiger partial charge >= 0.3 is 18.0 Å². The minimum Gasteiger partial charge on any atom is -0.371 e. The molecule has 2 aliphatic heterocycles. The lowest BCUT2D eigenvalue weighted by Crippen LogP contribution is -2.37. The van der Waals surface area contributed by atoms with Gasteiger partial charge in [0.2, 0.25) is 0 Å². The molecule has 0 atom stereocenters. The molecule has 2 saturated carbocycles. The van der Waals surface area contributed by atoms with Crippen LogP contribution in [0.15, 0.2) is 10.3 Å². The number of oxime groups is 2. The quantitative estimate of drug-likeness (QED) is 0.595. The number of amidine groups is 2. The highest BCUT2D eigenvalue weighted by Crippen LogP contribution is 2.28. The number of aromatic nitrogens is 3. The fraction of sp³-hybridized carbons (Fsp3) is 0.783. The Labute approximate surface area is 200 Å². The van der Waals surface area contributed by atoms with Gasteiger partial charge in [-0.15, -0.1) is 15.0 Å². The first kappa shape index (κ1) is 23.1. The average Bonchev–Trinajstić information content (AvgIpc) is 3.57. The molecule has 0 bridgehead atoms. The predicted molar refractivity (Wildman–Crippen MR) is 126 cm³/mol. The number of nitrogens with zero attached hydrogens (tertiary/aromatic N) is 7. The molecule has 4 aliphatic rings. The van der Waals surface area contributed by atoms with Gasteiger partial charge in [0.25, 0.3) is 0 Å². The lowest BCUT2D eigenvalue weighted by Gasteiger charge is -2.32. The first-order valence-corrected chi connectivity index (χ1v) is 12.9. The highest BCUT2D eigenvalue weighted by molar-refractivity contribution is 5.84. The standard InChI is InChI=1S/C23H36N8O3/c24-32-21-25-22(33-28-19-13-7-15-30(19)17-9-3-1-4-10-17)27-23(26-21)34-29-20-14-8-16-31(20)18-11-5-2-6-12-18/h17-18H,1-16,24H2/b28-19+,29-20+. The van der Waals surface area contributed by atoms with Crippen molar-refractivity contribution in [1.29, 1.82) is 0 Å². The smallest absolute Gasteiger partial charge is 0.355 e. The summed E-state index contributed by atoms with van der Waals surface area (Å²) in [6.07, 6.45) is 16.6. The monoisotopic (exact) mass is 472 g/mol. The van der Waals surface area contributed by atoms with Gasteiger partial charge in [-0.3, -0.25) is 0 Å². The summed E-state index contributed by atoms with van der Waals surface area (Å²) < 4.78 is 0. The summed E-state index contributed by atoms with van der Waals surface area (Å²) in [6, 6.07) is 0.946. The summed E-state index contributed by atoms with van der Waals surface area (Å²) in [5.74, 6) is 7.20. The lowest BCUT2D eigenvalue weighted by atomic mass is 9.94. The summed E-state index contributed by atoms with van der Waals surface area (Å²) >= 11 is 0. The highest BCUT2D eigenvalue weighted by Gasteiger charge is 2.29. The van der Waals surface area contributed by atoms with Crippen molar-refractivity contribution in [2.45, 2.75) is 102 Å². The topological polar surface area (TPSA) is 124 Å². The molecule has 11 nitrogen and oxygen atoms in total. The second-order valence-electron chi connectivity index (χ2n) is 9.68. The maximum Gasteiger partial charge on any atom is 0.355 e. The Kier molecular flexibility index (Phi) is 7.57. The van der Waals surface area contributed by atoms with E-state index in [4.69, 9.17) is 20.4 Å². The molecule has 2 saturated heterocycles. The third kappa shape index (κ3) is 5.51. The molecule has 1 aromatic rings. The normalized spacial score (nSPS) is 24.9. The average molecular weight is 473 g/mol. The van der Waals surface area contributed by atoms with Crippen LogP contribution < -0.4 is 20.4 Å². The molecule has 34 heavy (non-hydrogen) atoms. The lowest BCUT2D eigenvalue weighted by molar-refractivity contribution is 0.226. The van der Waals surface area contributed by atoms with E-state index in [2.05, 4.69) is 35.1 Å². The molecule has 11 heteroatoms. The third-order valence-electron chi connectivity index (χ3n) is 7.44. The van der Waals surface area contributed by atoms with Gasteiger partial charge in [-0.1, -0.05) is 48.8 Å². The molecule has 5 rings (SSSR count). The first-order valence-electron chi connectivity index (χ1n) is 12.9. The van der Waals surface area contributed by atoms with Crippen molar-refractivity contribution in [3.8, 4) is 18.0 Å². The molecular weight excluding hydrogens is 436 g/mol. The molecule has 186 valence electrons. The van der Waals surface area contributed by atoms with E-state index < -0.39 is 0 Å². The molecule has 0 amide bonds. The Morgan fingerprint density at radius 1 is 0.618 bits per heavy atom. The fourth-order valence-electron chi connectivity index (χ4n) is 5.77. The van der Waals surface area contributed by atoms with Crippen LogP contribution in [0.25, 0.3) is 0 Å². The van der Waals surface area contributed by atoms with Crippen molar-refractivity contribution < 1.29 is 14.5 Å². The number of rotatable bonds is 7. The van der Waals surface area contributed by atoms with Crippen molar-refractivity contribution in [1.82, 2.24) is 24.8 Å². The Morgan fingerprint density at radius 3 is 1.50 bits per heavy atom. The zero-order chi connectivity index (χ0) is 23.2. The maximum atomic E-state index is 5.59. The zero-order valence-corrected chi connectivity index (χ0v) is 19.9. The van der Waals surface area contributed by atoms with Crippen molar-refractivity contribution in [2.24, 2.45) is 16.2 Å². The largest absolute Gasteiger partial charge is 0.371 e.